The highest BCUT2D eigenvalue weighted by atomic mass is 32.1. The van der Waals surface area contributed by atoms with Gasteiger partial charge in [-0.3, -0.25) is 9.59 Å². The second-order valence-electron chi connectivity index (χ2n) is 2.99. The van der Waals surface area contributed by atoms with E-state index in [1.54, 1.807) is 22.9 Å². The average Bonchev–Trinajstić information content (AvgIpc) is 3.10. The molecule has 18 heavy (non-hydrogen) atoms. The Kier molecular flexibility index (Phi) is 5.44. The van der Waals surface area contributed by atoms with Crippen LogP contribution in [-0.4, -0.2) is 11.6 Å². The average molecular weight is 280 g/mol. The Morgan fingerprint density at radius 1 is 0.722 bits per heavy atom. The molecule has 1 aliphatic carbocycles. The van der Waals surface area contributed by atoms with Gasteiger partial charge < -0.3 is 0 Å². The molecule has 2 aromatic rings. The molecule has 0 saturated carbocycles. The fourth-order valence-corrected chi connectivity index (χ4v) is 3.26. The Balaban J connectivity index is 0.000000371. The molecule has 0 saturated heterocycles. The van der Waals surface area contributed by atoms with E-state index in [9.17, 15) is 9.59 Å². The van der Waals surface area contributed by atoms with Crippen LogP contribution in [-0.2, 0) is 0 Å². The Hall–Kier alpha value is -1.26. The van der Waals surface area contributed by atoms with Gasteiger partial charge in [0.25, 0.3) is 0 Å². The minimum Gasteiger partial charge on any atom is -0.288 e. The zero-order valence-electron chi connectivity index (χ0n) is 10.9. The van der Waals surface area contributed by atoms with Gasteiger partial charge in [0.15, 0.2) is 0 Å². The molecule has 1 aliphatic rings. The maximum absolute atomic E-state index is 11.8. The molecule has 3 rings (SSSR count). The molecule has 0 atom stereocenters. The highest BCUT2D eigenvalue weighted by Crippen LogP contribution is 2.33. The number of hydrogen-bond acceptors (Lipinski definition) is 4. The SMILES string of the molecule is CC.CC.O=C1c2ccsc2C(=O)c2ccsc21. The normalized spacial score (nSPS) is 11.6. The summed E-state index contributed by atoms with van der Waals surface area (Å²) in [4.78, 5) is 24.8. The Morgan fingerprint density at radius 2 is 1.06 bits per heavy atom. The molecule has 2 aromatic heterocycles. The first-order valence-corrected chi connectivity index (χ1v) is 7.79. The van der Waals surface area contributed by atoms with Gasteiger partial charge in [-0.2, -0.15) is 0 Å². The summed E-state index contributed by atoms with van der Waals surface area (Å²) < 4.78 is 0. The molecule has 0 unspecified atom stereocenters. The van der Waals surface area contributed by atoms with Crippen molar-refractivity contribution in [1.29, 1.82) is 0 Å². The number of fused-ring (bicyclic) bond motifs is 2. The quantitative estimate of drug-likeness (QED) is 0.601. The van der Waals surface area contributed by atoms with Crippen LogP contribution in [0.15, 0.2) is 22.9 Å². The first kappa shape index (κ1) is 14.8. The topological polar surface area (TPSA) is 34.1 Å². The number of thiophene rings is 2. The van der Waals surface area contributed by atoms with E-state index in [0.29, 0.717) is 20.9 Å². The van der Waals surface area contributed by atoms with Crippen molar-refractivity contribution in [2.24, 2.45) is 0 Å². The molecule has 0 spiro atoms. The minimum atomic E-state index is -0.00847. The van der Waals surface area contributed by atoms with Crippen LogP contribution in [0.2, 0.25) is 0 Å². The fourth-order valence-electron chi connectivity index (χ4n) is 1.57. The van der Waals surface area contributed by atoms with Gasteiger partial charge in [0, 0.05) is 11.1 Å². The highest BCUT2D eigenvalue weighted by Gasteiger charge is 2.31. The molecule has 0 aliphatic heterocycles. The minimum absolute atomic E-state index is 0.00847. The summed E-state index contributed by atoms with van der Waals surface area (Å²) in [7, 11) is 0. The van der Waals surface area contributed by atoms with E-state index in [4.69, 9.17) is 0 Å². The number of rotatable bonds is 0. The van der Waals surface area contributed by atoms with Gasteiger partial charge in [-0.1, -0.05) is 27.7 Å². The molecule has 0 aromatic carbocycles. The summed E-state index contributed by atoms with van der Waals surface area (Å²) in [6.45, 7) is 8.00. The molecule has 0 fully saturated rings. The van der Waals surface area contributed by atoms with Crippen molar-refractivity contribution in [2.75, 3.05) is 0 Å². The summed E-state index contributed by atoms with van der Waals surface area (Å²) in [5.41, 5.74) is 1.13. The number of ketones is 2. The van der Waals surface area contributed by atoms with Crippen molar-refractivity contribution in [3.05, 3.63) is 43.8 Å². The van der Waals surface area contributed by atoms with Gasteiger partial charge in [-0.25, -0.2) is 0 Å². The van der Waals surface area contributed by atoms with Crippen LogP contribution in [0, 0.1) is 0 Å². The second kappa shape index (κ2) is 6.61. The lowest BCUT2D eigenvalue weighted by Crippen LogP contribution is -2.15. The third-order valence-electron chi connectivity index (χ3n) is 2.23. The third kappa shape index (κ3) is 2.31. The Bertz CT molecular complexity index is 458. The molecular formula is C14H16O2S2. The molecule has 4 heteroatoms. The van der Waals surface area contributed by atoms with E-state index < -0.39 is 0 Å². The van der Waals surface area contributed by atoms with Crippen LogP contribution in [0.1, 0.15) is 58.2 Å². The number of hydrogen-bond donors (Lipinski definition) is 0. The second-order valence-corrected chi connectivity index (χ2v) is 4.82. The number of carbonyl (C=O) groups is 2. The summed E-state index contributed by atoms with van der Waals surface area (Å²) in [5, 5.41) is 3.58. The van der Waals surface area contributed by atoms with E-state index in [1.807, 2.05) is 27.7 Å². The molecule has 0 N–H and O–H groups in total. The molecule has 0 bridgehead atoms. The maximum atomic E-state index is 11.8. The third-order valence-corrected chi connectivity index (χ3v) is 4.06. The zero-order chi connectivity index (χ0) is 13.7. The van der Waals surface area contributed by atoms with Crippen molar-refractivity contribution < 1.29 is 9.59 Å². The maximum Gasteiger partial charge on any atom is 0.205 e. The van der Waals surface area contributed by atoms with Crippen LogP contribution in [0.4, 0.5) is 0 Å². The standard InChI is InChI=1S/C10H4O2S2.2C2H6/c11-7-5-1-3-13-9(5)8(12)6-2-4-14-10(6)7;2*1-2/h1-4H;2*1-2H3. The van der Waals surface area contributed by atoms with Gasteiger partial charge >= 0.3 is 0 Å². The van der Waals surface area contributed by atoms with Crippen molar-refractivity contribution in [2.45, 2.75) is 27.7 Å². The van der Waals surface area contributed by atoms with Crippen LogP contribution >= 0.6 is 22.7 Å². The molecular weight excluding hydrogens is 264 g/mol. The van der Waals surface area contributed by atoms with Crippen LogP contribution in [0.25, 0.3) is 0 Å². The lowest BCUT2D eigenvalue weighted by atomic mass is 9.96. The summed E-state index contributed by atoms with van der Waals surface area (Å²) >= 11 is 2.68. The van der Waals surface area contributed by atoms with E-state index in [1.165, 1.54) is 22.7 Å². The lowest BCUT2D eigenvalue weighted by molar-refractivity contribution is 0.0986. The van der Waals surface area contributed by atoms with Crippen molar-refractivity contribution in [3.63, 3.8) is 0 Å². The Morgan fingerprint density at radius 3 is 1.39 bits per heavy atom. The highest BCUT2D eigenvalue weighted by molar-refractivity contribution is 7.15. The van der Waals surface area contributed by atoms with Crippen LogP contribution in [0.5, 0.6) is 0 Å². The summed E-state index contributed by atoms with van der Waals surface area (Å²) in [6, 6.07) is 3.45. The van der Waals surface area contributed by atoms with Gasteiger partial charge in [-0.05, 0) is 22.9 Å². The molecule has 0 radical (unpaired) electrons. The predicted octanol–water partition coefficient (Wildman–Crippen LogP) is 4.64. The fraction of sp³-hybridized carbons (Fsp3) is 0.286. The van der Waals surface area contributed by atoms with Crippen molar-refractivity contribution >= 4 is 34.2 Å². The first-order valence-electron chi connectivity index (χ1n) is 6.03. The van der Waals surface area contributed by atoms with Gasteiger partial charge in [-0.15, -0.1) is 22.7 Å². The molecule has 96 valence electrons. The largest absolute Gasteiger partial charge is 0.288 e. The van der Waals surface area contributed by atoms with Crippen molar-refractivity contribution in [1.82, 2.24) is 0 Å². The monoisotopic (exact) mass is 280 g/mol. The zero-order valence-corrected chi connectivity index (χ0v) is 12.6. The molecule has 2 nitrogen and oxygen atoms in total. The first-order chi connectivity index (χ1) is 8.79. The molecule has 2 heterocycles. The van der Waals surface area contributed by atoms with E-state index >= 15 is 0 Å². The smallest absolute Gasteiger partial charge is 0.205 e. The van der Waals surface area contributed by atoms with E-state index in [0.717, 1.165) is 0 Å². The lowest BCUT2D eigenvalue weighted by Gasteiger charge is -2.08. The van der Waals surface area contributed by atoms with Crippen molar-refractivity contribution in [3.8, 4) is 0 Å². The van der Waals surface area contributed by atoms with E-state index in [2.05, 4.69) is 0 Å². The van der Waals surface area contributed by atoms with E-state index in [-0.39, 0.29) is 11.6 Å². The molecule has 0 amide bonds. The predicted molar refractivity (Wildman–Crippen MR) is 78.2 cm³/mol. The van der Waals surface area contributed by atoms with Crippen LogP contribution < -0.4 is 0 Å². The van der Waals surface area contributed by atoms with Gasteiger partial charge in [0.2, 0.25) is 11.6 Å². The van der Waals surface area contributed by atoms with Gasteiger partial charge in [0.1, 0.15) is 0 Å². The summed E-state index contributed by atoms with van der Waals surface area (Å²) in [5.74, 6) is -0.0169. The van der Waals surface area contributed by atoms with Crippen LogP contribution in [0.3, 0.4) is 0 Å². The Labute approximate surface area is 115 Å². The number of carbonyl (C=O) groups excluding carboxylic acids is 2. The summed E-state index contributed by atoms with van der Waals surface area (Å²) in [6.07, 6.45) is 0. The van der Waals surface area contributed by atoms with Gasteiger partial charge in [0.05, 0.1) is 9.75 Å².